The molecular weight excluding hydrogens is 262 g/mol. The lowest BCUT2D eigenvalue weighted by Crippen LogP contribution is -2.45. The van der Waals surface area contributed by atoms with Gasteiger partial charge in [-0.3, -0.25) is 0 Å². The molecule has 0 unspecified atom stereocenters. The SMILES string of the molecule is CCC(CO)(CO)Nc1cc(Br)ncn1. The van der Waals surface area contributed by atoms with E-state index in [9.17, 15) is 10.2 Å². The zero-order valence-corrected chi connectivity index (χ0v) is 10.0. The molecule has 1 aromatic heterocycles. The molecule has 0 saturated carbocycles. The molecule has 0 atom stereocenters. The summed E-state index contributed by atoms with van der Waals surface area (Å²) in [6.07, 6.45) is 2.00. The van der Waals surface area contributed by atoms with Crippen LogP contribution in [0.1, 0.15) is 13.3 Å². The van der Waals surface area contributed by atoms with Crippen LogP contribution >= 0.6 is 15.9 Å². The Morgan fingerprint density at radius 3 is 2.53 bits per heavy atom. The summed E-state index contributed by atoms with van der Waals surface area (Å²) in [7, 11) is 0. The maximum Gasteiger partial charge on any atom is 0.131 e. The van der Waals surface area contributed by atoms with Gasteiger partial charge in [-0.05, 0) is 22.4 Å². The Bertz CT molecular complexity index is 310. The minimum absolute atomic E-state index is 0.151. The highest BCUT2D eigenvalue weighted by atomic mass is 79.9. The van der Waals surface area contributed by atoms with Crippen LogP contribution in [0.5, 0.6) is 0 Å². The zero-order valence-electron chi connectivity index (χ0n) is 8.44. The molecule has 0 saturated heterocycles. The Morgan fingerprint density at radius 1 is 1.40 bits per heavy atom. The van der Waals surface area contributed by atoms with E-state index in [1.54, 1.807) is 6.07 Å². The van der Waals surface area contributed by atoms with Gasteiger partial charge in [0.15, 0.2) is 0 Å². The summed E-state index contributed by atoms with van der Waals surface area (Å²) < 4.78 is 0.654. The number of aliphatic hydroxyl groups excluding tert-OH is 2. The van der Waals surface area contributed by atoms with Crippen molar-refractivity contribution in [2.75, 3.05) is 18.5 Å². The van der Waals surface area contributed by atoms with Crippen molar-refractivity contribution in [3.63, 3.8) is 0 Å². The number of halogens is 1. The van der Waals surface area contributed by atoms with E-state index in [1.165, 1.54) is 6.33 Å². The van der Waals surface area contributed by atoms with E-state index < -0.39 is 5.54 Å². The third-order valence-electron chi connectivity index (χ3n) is 2.31. The van der Waals surface area contributed by atoms with Crippen LogP contribution in [-0.2, 0) is 0 Å². The molecule has 0 fully saturated rings. The second-order valence-electron chi connectivity index (χ2n) is 3.30. The molecule has 6 heteroatoms. The van der Waals surface area contributed by atoms with Crippen LogP contribution < -0.4 is 5.32 Å². The highest BCUT2D eigenvalue weighted by Gasteiger charge is 2.26. The molecule has 0 aliphatic carbocycles. The Labute approximate surface area is 96.7 Å². The second kappa shape index (κ2) is 5.39. The Balaban J connectivity index is 2.82. The second-order valence-corrected chi connectivity index (χ2v) is 4.11. The molecule has 5 nitrogen and oxygen atoms in total. The molecule has 1 heterocycles. The summed E-state index contributed by atoms with van der Waals surface area (Å²) in [4.78, 5) is 7.88. The van der Waals surface area contributed by atoms with Gasteiger partial charge in [-0.15, -0.1) is 0 Å². The van der Waals surface area contributed by atoms with Crippen LogP contribution in [-0.4, -0.2) is 38.9 Å². The normalized spacial score (nSPS) is 11.5. The smallest absolute Gasteiger partial charge is 0.131 e. The van der Waals surface area contributed by atoms with Crippen molar-refractivity contribution in [3.8, 4) is 0 Å². The fourth-order valence-electron chi connectivity index (χ4n) is 1.11. The number of hydrogen-bond donors (Lipinski definition) is 3. The summed E-state index contributed by atoms with van der Waals surface area (Å²) >= 11 is 3.22. The van der Waals surface area contributed by atoms with Crippen molar-refractivity contribution in [1.82, 2.24) is 9.97 Å². The third-order valence-corrected chi connectivity index (χ3v) is 2.74. The molecule has 0 bridgehead atoms. The molecule has 0 amide bonds. The first-order valence-electron chi connectivity index (χ1n) is 4.63. The third kappa shape index (κ3) is 3.12. The summed E-state index contributed by atoms with van der Waals surface area (Å²) in [5.41, 5.74) is -0.728. The van der Waals surface area contributed by atoms with Crippen molar-refractivity contribution < 1.29 is 10.2 Å². The van der Waals surface area contributed by atoms with E-state index in [2.05, 4.69) is 31.2 Å². The predicted molar refractivity (Wildman–Crippen MR) is 60.5 cm³/mol. The fourth-order valence-corrected chi connectivity index (χ4v) is 1.42. The van der Waals surface area contributed by atoms with E-state index in [4.69, 9.17) is 0 Å². The number of aliphatic hydroxyl groups is 2. The van der Waals surface area contributed by atoms with Crippen molar-refractivity contribution in [1.29, 1.82) is 0 Å². The first-order chi connectivity index (χ1) is 7.15. The molecule has 84 valence electrons. The largest absolute Gasteiger partial charge is 0.394 e. The van der Waals surface area contributed by atoms with Crippen molar-refractivity contribution in [2.45, 2.75) is 18.9 Å². The topological polar surface area (TPSA) is 78.3 Å². The van der Waals surface area contributed by atoms with Crippen LogP contribution in [0.3, 0.4) is 0 Å². The average Bonchev–Trinajstić information content (AvgIpc) is 2.26. The average molecular weight is 276 g/mol. The van der Waals surface area contributed by atoms with Crippen LogP contribution in [0.4, 0.5) is 5.82 Å². The molecule has 0 radical (unpaired) electrons. The highest BCUT2D eigenvalue weighted by Crippen LogP contribution is 2.18. The summed E-state index contributed by atoms with van der Waals surface area (Å²) in [6.45, 7) is 1.58. The monoisotopic (exact) mass is 275 g/mol. The highest BCUT2D eigenvalue weighted by molar-refractivity contribution is 9.10. The Morgan fingerprint density at radius 2 is 2.07 bits per heavy atom. The van der Waals surface area contributed by atoms with E-state index in [0.29, 0.717) is 16.8 Å². The fraction of sp³-hybridized carbons (Fsp3) is 0.556. The van der Waals surface area contributed by atoms with Gasteiger partial charge < -0.3 is 15.5 Å². The van der Waals surface area contributed by atoms with Gasteiger partial charge in [0, 0.05) is 6.07 Å². The summed E-state index contributed by atoms with van der Waals surface area (Å²) in [6, 6.07) is 1.69. The predicted octanol–water partition coefficient (Wildman–Crippen LogP) is 0.784. The van der Waals surface area contributed by atoms with E-state index in [1.807, 2.05) is 6.92 Å². The molecule has 1 rings (SSSR count). The number of anilines is 1. The van der Waals surface area contributed by atoms with Gasteiger partial charge in [-0.25, -0.2) is 9.97 Å². The van der Waals surface area contributed by atoms with Gasteiger partial charge in [0.2, 0.25) is 0 Å². The lowest BCUT2D eigenvalue weighted by Gasteiger charge is -2.30. The number of hydrogen-bond acceptors (Lipinski definition) is 5. The van der Waals surface area contributed by atoms with Gasteiger partial charge in [0.1, 0.15) is 16.7 Å². The van der Waals surface area contributed by atoms with Gasteiger partial charge in [0.25, 0.3) is 0 Å². The maximum atomic E-state index is 9.23. The number of aromatic nitrogens is 2. The van der Waals surface area contributed by atoms with Gasteiger partial charge in [-0.1, -0.05) is 6.92 Å². The zero-order chi connectivity index (χ0) is 11.3. The Hall–Kier alpha value is -0.720. The molecule has 0 aliphatic rings. The van der Waals surface area contributed by atoms with Crippen molar-refractivity contribution in [3.05, 3.63) is 17.0 Å². The van der Waals surface area contributed by atoms with E-state index in [0.717, 1.165) is 0 Å². The van der Waals surface area contributed by atoms with Crippen molar-refractivity contribution >= 4 is 21.7 Å². The quantitative estimate of drug-likeness (QED) is 0.693. The summed E-state index contributed by atoms with van der Waals surface area (Å²) in [5.74, 6) is 0.571. The lowest BCUT2D eigenvalue weighted by atomic mass is 9.99. The van der Waals surface area contributed by atoms with Gasteiger partial charge >= 0.3 is 0 Å². The maximum absolute atomic E-state index is 9.23. The summed E-state index contributed by atoms with van der Waals surface area (Å²) in [5, 5.41) is 21.5. The number of nitrogens with one attached hydrogen (secondary N) is 1. The first-order valence-corrected chi connectivity index (χ1v) is 5.42. The molecule has 0 spiro atoms. The molecule has 1 aromatic rings. The van der Waals surface area contributed by atoms with E-state index in [-0.39, 0.29) is 13.2 Å². The number of rotatable bonds is 5. The van der Waals surface area contributed by atoms with Crippen LogP contribution in [0.15, 0.2) is 17.0 Å². The molecule has 15 heavy (non-hydrogen) atoms. The first kappa shape index (κ1) is 12.4. The molecular formula is C9H14BrN3O2. The standard InChI is InChI=1S/C9H14BrN3O2/c1-2-9(4-14,5-15)13-8-3-7(10)11-6-12-8/h3,6,14-15H,2,4-5H2,1H3,(H,11,12,13). The van der Waals surface area contributed by atoms with Crippen LogP contribution in [0.25, 0.3) is 0 Å². The minimum atomic E-state index is -0.728. The molecule has 0 aromatic carbocycles. The lowest BCUT2D eigenvalue weighted by molar-refractivity contribution is 0.132. The van der Waals surface area contributed by atoms with E-state index >= 15 is 0 Å². The van der Waals surface area contributed by atoms with Crippen molar-refractivity contribution in [2.24, 2.45) is 0 Å². The van der Waals surface area contributed by atoms with Gasteiger partial charge in [-0.2, -0.15) is 0 Å². The van der Waals surface area contributed by atoms with Gasteiger partial charge in [0.05, 0.1) is 18.8 Å². The minimum Gasteiger partial charge on any atom is -0.394 e. The molecule has 3 N–H and O–H groups in total. The number of nitrogens with zero attached hydrogens (tertiary/aromatic N) is 2. The Kier molecular flexibility index (Phi) is 4.44. The van der Waals surface area contributed by atoms with Crippen LogP contribution in [0, 0.1) is 0 Å². The van der Waals surface area contributed by atoms with Crippen LogP contribution in [0.2, 0.25) is 0 Å². The molecule has 0 aliphatic heterocycles.